The van der Waals surface area contributed by atoms with E-state index in [0.29, 0.717) is 30.4 Å². The van der Waals surface area contributed by atoms with Gasteiger partial charge < -0.3 is 30.6 Å². The summed E-state index contributed by atoms with van der Waals surface area (Å²) in [5.74, 6) is 0.395. The first-order chi connectivity index (χ1) is 23.2. The topological polar surface area (TPSA) is 128 Å². The zero-order valence-corrected chi connectivity index (χ0v) is 28.7. The summed E-state index contributed by atoms with van der Waals surface area (Å²) in [6, 6.07) is 12.7. The van der Waals surface area contributed by atoms with Crippen LogP contribution in [0, 0.1) is 11.3 Å². The molecule has 256 valence electrons. The number of imidazole rings is 1. The predicted molar refractivity (Wildman–Crippen MR) is 185 cm³/mol. The maximum Gasteiger partial charge on any atom is 0.318 e. The van der Waals surface area contributed by atoms with Gasteiger partial charge >= 0.3 is 6.03 Å². The van der Waals surface area contributed by atoms with Crippen molar-refractivity contribution in [2.45, 2.75) is 88.6 Å². The van der Waals surface area contributed by atoms with E-state index in [-0.39, 0.29) is 41.7 Å². The number of H-pyrrole nitrogens is 1. The van der Waals surface area contributed by atoms with E-state index in [1.807, 2.05) is 48.2 Å². The maximum absolute atomic E-state index is 14.2. The van der Waals surface area contributed by atoms with Crippen LogP contribution in [0.4, 0.5) is 4.79 Å². The molecule has 0 spiro atoms. The number of hydrogen-bond donors (Lipinski definition) is 4. The molecule has 10 nitrogen and oxygen atoms in total. The average Bonchev–Trinajstić information content (AvgIpc) is 3.52. The zero-order chi connectivity index (χ0) is 33.5. The van der Waals surface area contributed by atoms with Crippen LogP contribution in [0.5, 0.6) is 0 Å². The minimum Gasteiger partial charge on any atom is -0.380 e. The minimum absolute atomic E-state index is 0.0531. The Hall–Kier alpha value is -3.63. The Bertz CT molecular complexity index is 1670. The number of amides is 4. The molecule has 11 heteroatoms. The Labute approximate surface area is 287 Å². The number of carbonyl (C=O) groups is 3. The average molecular weight is 675 g/mol. The van der Waals surface area contributed by atoms with E-state index in [1.165, 1.54) is 0 Å². The number of halogens is 1. The Balaban J connectivity index is 1.24. The second-order valence-electron chi connectivity index (χ2n) is 14.5. The molecule has 7 rings (SSSR count). The molecular weight excluding hydrogens is 628 g/mol. The summed E-state index contributed by atoms with van der Waals surface area (Å²) in [4.78, 5) is 51.3. The fourth-order valence-electron chi connectivity index (χ4n) is 7.96. The molecule has 3 aromatic rings. The predicted octanol–water partition coefficient (Wildman–Crippen LogP) is 5.73. The van der Waals surface area contributed by atoms with Gasteiger partial charge in [-0.05, 0) is 92.5 Å². The van der Waals surface area contributed by atoms with Gasteiger partial charge in [0.05, 0.1) is 29.1 Å². The van der Waals surface area contributed by atoms with E-state index in [2.05, 4.69) is 33.9 Å². The highest BCUT2D eigenvalue weighted by molar-refractivity contribution is 6.31. The van der Waals surface area contributed by atoms with E-state index in [1.54, 1.807) is 0 Å². The SMILES string of the molecule is CCNC(=O)[C@H](NC(=O)C1(c2ccc3nc([C@@H](NC(=O)N4CCCC4)[C@H](c4ccccc4Cl)C4(C)CC4)[nH]c3c2)CCOC1)C1CCC1. The quantitative estimate of drug-likeness (QED) is 0.207. The van der Waals surface area contributed by atoms with Gasteiger partial charge in [0.15, 0.2) is 0 Å². The van der Waals surface area contributed by atoms with Crippen LogP contribution in [0.2, 0.25) is 5.02 Å². The van der Waals surface area contributed by atoms with Crippen LogP contribution < -0.4 is 16.0 Å². The molecule has 4 fully saturated rings. The summed E-state index contributed by atoms with van der Waals surface area (Å²) < 4.78 is 5.86. The first-order valence-corrected chi connectivity index (χ1v) is 18.1. The van der Waals surface area contributed by atoms with Crippen LogP contribution in [-0.4, -0.2) is 71.6 Å². The lowest BCUT2D eigenvalue weighted by Crippen LogP contribution is -2.57. The number of hydrogen-bond acceptors (Lipinski definition) is 5. The van der Waals surface area contributed by atoms with Gasteiger partial charge in [-0.3, -0.25) is 9.59 Å². The number of nitrogens with one attached hydrogen (secondary N) is 4. The van der Waals surface area contributed by atoms with Crippen LogP contribution in [0.15, 0.2) is 42.5 Å². The molecule has 2 aromatic carbocycles. The molecule has 4 atom stereocenters. The van der Waals surface area contributed by atoms with E-state index >= 15 is 0 Å². The smallest absolute Gasteiger partial charge is 0.318 e. The summed E-state index contributed by atoms with van der Waals surface area (Å²) in [6.07, 6.45) is 7.50. The number of aromatic nitrogens is 2. The number of nitrogens with zero attached hydrogens (tertiary/aromatic N) is 2. The number of benzene rings is 2. The lowest BCUT2D eigenvalue weighted by atomic mass is 9.76. The van der Waals surface area contributed by atoms with E-state index in [4.69, 9.17) is 21.3 Å². The van der Waals surface area contributed by atoms with Crippen molar-refractivity contribution < 1.29 is 19.1 Å². The van der Waals surface area contributed by atoms with Gasteiger partial charge in [0.1, 0.15) is 11.9 Å². The van der Waals surface area contributed by atoms with Crippen LogP contribution in [-0.2, 0) is 19.7 Å². The molecule has 4 amide bonds. The monoisotopic (exact) mass is 674 g/mol. The zero-order valence-electron chi connectivity index (χ0n) is 27.9. The highest BCUT2D eigenvalue weighted by Crippen LogP contribution is 2.60. The molecule has 1 aromatic heterocycles. The number of urea groups is 1. The van der Waals surface area contributed by atoms with E-state index in [0.717, 1.165) is 80.2 Å². The molecule has 2 aliphatic heterocycles. The van der Waals surface area contributed by atoms with Gasteiger partial charge in [0, 0.05) is 37.2 Å². The van der Waals surface area contributed by atoms with Crippen LogP contribution in [0.1, 0.15) is 94.1 Å². The molecule has 0 radical (unpaired) electrons. The normalized spacial score (nSPS) is 23.7. The molecule has 4 N–H and O–H groups in total. The number of carbonyl (C=O) groups excluding carboxylic acids is 3. The third-order valence-electron chi connectivity index (χ3n) is 11.4. The van der Waals surface area contributed by atoms with Gasteiger partial charge in [-0.1, -0.05) is 49.2 Å². The molecule has 1 unspecified atom stereocenters. The first kappa shape index (κ1) is 32.9. The molecule has 2 aliphatic carbocycles. The van der Waals surface area contributed by atoms with Crippen molar-refractivity contribution in [3.63, 3.8) is 0 Å². The Morgan fingerprint density at radius 3 is 2.48 bits per heavy atom. The van der Waals surface area contributed by atoms with Gasteiger partial charge in [0.25, 0.3) is 0 Å². The summed E-state index contributed by atoms with van der Waals surface area (Å²) in [6.45, 7) is 6.84. The molecular formula is C37H47ClN6O4. The van der Waals surface area contributed by atoms with Gasteiger partial charge in [0.2, 0.25) is 11.8 Å². The third-order valence-corrected chi connectivity index (χ3v) is 11.7. The van der Waals surface area contributed by atoms with Gasteiger partial charge in [-0.25, -0.2) is 9.78 Å². The molecule has 2 saturated heterocycles. The van der Waals surface area contributed by atoms with Crippen molar-refractivity contribution in [2.24, 2.45) is 11.3 Å². The summed E-state index contributed by atoms with van der Waals surface area (Å²) in [7, 11) is 0. The van der Waals surface area contributed by atoms with Crippen molar-refractivity contribution in [2.75, 3.05) is 32.8 Å². The Kier molecular flexibility index (Phi) is 9.15. The van der Waals surface area contributed by atoms with Crippen molar-refractivity contribution in [1.29, 1.82) is 0 Å². The highest BCUT2D eigenvalue weighted by atomic mass is 35.5. The second-order valence-corrected chi connectivity index (χ2v) is 15.0. The minimum atomic E-state index is -0.932. The fraction of sp³-hybridized carbons (Fsp3) is 0.568. The van der Waals surface area contributed by atoms with Crippen molar-refractivity contribution in [3.8, 4) is 0 Å². The van der Waals surface area contributed by atoms with Crippen LogP contribution in [0.25, 0.3) is 11.0 Å². The van der Waals surface area contributed by atoms with Crippen LogP contribution in [0.3, 0.4) is 0 Å². The fourth-order valence-corrected chi connectivity index (χ4v) is 8.21. The number of ether oxygens (including phenoxy) is 1. The second kappa shape index (κ2) is 13.3. The van der Waals surface area contributed by atoms with E-state index in [9.17, 15) is 14.4 Å². The summed E-state index contributed by atoms with van der Waals surface area (Å²) in [5.41, 5.74) is 2.36. The van der Waals surface area contributed by atoms with Gasteiger partial charge in [-0.15, -0.1) is 0 Å². The summed E-state index contributed by atoms with van der Waals surface area (Å²) in [5, 5.41) is 10.1. The van der Waals surface area contributed by atoms with Crippen LogP contribution >= 0.6 is 11.6 Å². The number of likely N-dealkylation sites (tertiary alicyclic amines) is 1. The lowest BCUT2D eigenvalue weighted by Gasteiger charge is -2.36. The van der Waals surface area contributed by atoms with Crippen molar-refractivity contribution >= 4 is 40.5 Å². The Morgan fingerprint density at radius 1 is 1.06 bits per heavy atom. The van der Waals surface area contributed by atoms with Crippen molar-refractivity contribution in [1.82, 2.24) is 30.8 Å². The lowest BCUT2D eigenvalue weighted by molar-refractivity contribution is -0.134. The van der Waals surface area contributed by atoms with Gasteiger partial charge in [-0.2, -0.15) is 0 Å². The highest BCUT2D eigenvalue weighted by Gasteiger charge is 2.51. The molecule has 3 heterocycles. The molecule has 4 aliphatic rings. The van der Waals surface area contributed by atoms with Crippen molar-refractivity contribution in [3.05, 3.63) is 64.4 Å². The van der Waals surface area contributed by atoms with E-state index < -0.39 is 17.5 Å². The molecule has 0 bridgehead atoms. The third kappa shape index (κ3) is 6.17. The number of rotatable bonds is 11. The molecule has 2 saturated carbocycles. The summed E-state index contributed by atoms with van der Waals surface area (Å²) >= 11 is 6.84. The standard InChI is InChI=1S/C37H47ClN6O4/c1-3-39-33(45)30(23-9-8-10-23)42-34(46)37(17-20-48-22-37)24-13-14-27-28(21-24)41-32(40-27)31(43-35(47)44-18-6-7-19-44)29(36(2)15-16-36)25-11-4-5-12-26(25)38/h4-5,11-14,21,23,29-31H,3,6-10,15-20,22H2,1-2H3,(H,39,45)(H,40,41)(H,42,46)(H,43,47)/t29-,30+,31-,37?/m0/s1. The molecule has 48 heavy (non-hydrogen) atoms. The number of likely N-dealkylation sites (N-methyl/N-ethyl adjacent to an activating group) is 1. The first-order valence-electron chi connectivity index (χ1n) is 17.7. The maximum atomic E-state index is 14.2. The number of fused-ring (bicyclic) bond motifs is 1. The largest absolute Gasteiger partial charge is 0.380 e. The number of aromatic amines is 1. The Morgan fingerprint density at radius 2 is 1.83 bits per heavy atom.